The van der Waals surface area contributed by atoms with Gasteiger partial charge in [0.1, 0.15) is 19.0 Å². The van der Waals surface area contributed by atoms with E-state index in [2.05, 4.69) is 20.3 Å². The van der Waals surface area contributed by atoms with Crippen molar-refractivity contribution in [3.05, 3.63) is 70.6 Å². The van der Waals surface area contributed by atoms with Gasteiger partial charge in [-0.05, 0) is 24.1 Å². The van der Waals surface area contributed by atoms with Crippen LogP contribution >= 0.6 is 0 Å². The molecule has 4 rings (SSSR count). The summed E-state index contributed by atoms with van der Waals surface area (Å²) in [6, 6.07) is 5.43. The molecule has 146 valence electrons. The van der Waals surface area contributed by atoms with Crippen LogP contribution in [0, 0.1) is 18.3 Å². The molecule has 0 radical (unpaired) electrons. The van der Waals surface area contributed by atoms with Crippen LogP contribution < -0.4 is 5.32 Å². The molecular formula is C20H18N6O3. The number of ether oxygens (including phenoxy) is 1. The average molecular weight is 390 g/mol. The topological polar surface area (TPSA) is 126 Å². The van der Waals surface area contributed by atoms with E-state index in [4.69, 9.17) is 10.00 Å². The molecule has 1 atom stereocenters. The van der Waals surface area contributed by atoms with Crippen molar-refractivity contribution < 1.29 is 14.6 Å². The summed E-state index contributed by atoms with van der Waals surface area (Å²) in [6.45, 7) is 2.96. The molecule has 0 aliphatic carbocycles. The number of esters is 1. The molecule has 3 aromatic rings. The summed E-state index contributed by atoms with van der Waals surface area (Å²) in [5.74, 6) is 0.110. The summed E-state index contributed by atoms with van der Waals surface area (Å²) < 4.78 is 6.63. The Kier molecular flexibility index (Phi) is 5.03. The van der Waals surface area contributed by atoms with Crippen LogP contribution in [-0.4, -0.2) is 37.1 Å². The van der Waals surface area contributed by atoms with Crippen LogP contribution in [-0.2, 0) is 17.9 Å². The molecular weight excluding hydrogens is 372 g/mol. The maximum absolute atomic E-state index is 11.6. The van der Waals surface area contributed by atoms with Crippen molar-refractivity contribution in [2.75, 3.05) is 6.54 Å². The number of nitrogens with zero attached hydrogens (tertiary/aromatic N) is 5. The van der Waals surface area contributed by atoms with E-state index in [1.165, 1.54) is 6.33 Å². The first-order chi connectivity index (χ1) is 14.1. The van der Waals surface area contributed by atoms with Crippen LogP contribution in [0.3, 0.4) is 0 Å². The highest BCUT2D eigenvalue weighted by atomic mass is 16.5. The van der Waals surface area contributed by atoms with Gasteiger partial charge >= 0.3 is 5.97 Å². The second-order valence-electron chi connectivity index (χ2n) is 6.70. The van der Waals surface area contributed by atoms with Crippen molar-refractivity contribution >= 4 is 5.97 Å². The average Bonchev–Trinajstić information content (AvgIpc) is 3.36. The molecule has 9 heteroatoms. The highest BCUT2D eigenvalue weighted by molar-refractivity contribution is 5.93. The van der Waals surface area contributed by atoms with Gasteiger partial charge in [-0.1, -0.05) is 6.07 Å². The first-order valence-corrected chi connectivity index (χ1v) is 9.00. The lowest BCUT2D eigenvalue weighted by atomic mass is 9.95. The zero-order valence-corrected chi connectivity index (χ0v) is 15.7. The Bertz CT molecular complexity index is 1100. The molecule has 1 aliphatic rings. The van der Waals surface area contributed by atoms with Gasteiger partial charge in [-0.25, -0.2) is 19.7 Å². The molecule has 2 N–H and O–H groups in total. The van der Waals surface area contributed by atoms with Crippen molar-refractivity contribution in [1.82, 2.24) is 24.8 Å². The fourth-order valence-electron chi connectivity index (χ4n) is 3.25. The first-order valence-electron chi connectivity index (χ1n) is 9.00. The predicted octanol–water partition coefficient (Wildman–Crippen LogP) is 1.34. The lowest BCUT2D eigenvalue weighted by Gasteiger charge is -2.16. The van der Waals surface area contributed by atoms with Crippen molar-refractivity contribution in [1.29, 1.82) is 5.26 Å². The number of imidazole rings is 1. The number of carbonyl (C=O) groups is 1. The summed E-state index contributed by atoms with van der Waals surface area (Å²) in [6.07, 6.45) is 5.68. The fraction of sp³-hybridized carbons (Fsp3) is 0.250. The minimum atomic E-state index is -0.716. The van der Waals surface area contributed by atoms with Crippen molar-refractivity contribution in [2.45, 2.75) is 26.2 Å². The van der Waals surface area contributed by atoms with Crippen molar-refractivity contribution in [2.24, 2.45) is 0 Å². The maximum Gasteiger partial charge on any atom is 0.338 e. The second-order valence-corrected chi connectivity index (χ2v) is 6.70. The number of rotatable bonds is 6. The van der Waals surface area contributed by atoms with E-state index in [9.17, 15) is 9.90 Å². The number of fused-ring (bicyclic) bond motifs is 1. The molecule has 29 heavy (non-hydrogen) atoms. The Hall–Kier alpha value is -3.61. The lowest BCUT2D eigenvalue weighted by molar-refractivity contribution is 0.0535. The van der Waals surface area contributed by atoms with E-state index < -0.39 is 6.10 Å². The molecule has 0 unspecified atom stereocenters. The molecule has 2 aromatic heterocycles. The van der Waals surface area contributed by atoms with Gasteiger partial charge < -0.3 is 15.2 Å². The molecule has 9 nitrogen and oxygen atoms in total. The Morgan fingerprint density at radius 2 is 2.14 bits per heavy atom. The summed E-state index contributed by atoms with van der Waals surface area (Å²) in [4.78, 5) is 24.1. The van der Waals surface area contributed by atoms with E-state index in [-0.39, 0.29) is 12.6 Å². The molecule has 0 fully saturated rings. The second kappa shape index (κ2) is 7.79. The van der Waals surface area contributed by atoms with Crippen LogP contribution in [0.4, 0.5) is 0 Å². The fourth-order valence-corrected chi connectivity index (χ4v) is 3.25. The highest BCUT2D eigenvalue weighted by Gasteiger charge is 2.25. The van der Waals surface area contributed by atoms with E-state index in [0.717, 1.165) is 22.3 Å². The smallest absolute Gasteiger partial charge is 0.338 e. The third-order valence-corrected chi connectivity index (χ3v) is 4.85. The standard InChI is InChI=1S/C20H18N6O3/c1-12-15(2-3-16-17(12)10-29-19(16)28)18(27)8-22-5-13-6-23-20(24-7-13)26-9-14(4-21)25-11-26/h2-3,6-7,9,11,18,22,27H,5,8,10H2,1H3/t18-/m0/s1. The third kappa shape index (κ3) is 3.71. The van der Waals surface area contributed by atoms with E-state index >= 15 is 0 Å². The minimum Gasteiger partial charge on any atom is -0.457 e. The van der Waals surface area contributed by atoms with Gasteiger partial charge in [0.15, 0.2) is 5.69 Å². The minimum absolute atomic E-state index is 0.254. The van der Waals surface area contributed by atoms with Gasteiger partial charge in [0.2, 0.25) is 5.95 Å². The van der Waals surface area contributed by atoms with Gasteiger partial charge in [-0.15, -0.1) is 0 Å². The molecule has 0 saturated heterocycles. The number of nitrogens with one attached hydrogen (secondary N) is 1. The van der Waals surface area contributed by atoms with E-state index in [0.29, 0.717) is 30.3 Å². The van der Waals surface area contributed by atoms with Crippen LogP contribution in [0.2, 0.25) is 0 Å². The number of nitriles is 1. The summed E-state index contributed by atoms with van der Waals surface area (Å²) in [5.41, 5.74) is 4.22. The molecule has 0 amide bonds. The molecule has 0 bridgehead atoms. The molecule has 1 aromatic carbocycles. The summed E-state index contributed by atoms with van der Waals surface area (Å²) in [7, 11) is 0. The lowest BCUT2D eigenvalue weighted by Crippen LogP contribution is -2.22. The highest BCUT2D eigenvalue weighted by Crippen LogP contribution is 2.28. The number of aliphatic hydroxyl groups is 1. The monoisotopic (exact) mass is 390 g/mol. The van der Waals surface area contributed by atoms with Gasteiger partial charge in [0, 0.05) is 42.8 Å². The van der Waals surface area contributed by atoms with Crippen LogP contribution in [0.25, 0.3) is 5.95 Å². The Morgan fingerprint density at radius 1 is 1.34 bits per heavy atom. The van der Waals surface area contributed by atoms with Crippen LogP contribution in [0.15, 0.2) is 37.1 Å². The van der Waals surface area contributed by atoms with Gasteiger partial charge in [-0.3, -0.25) is 4.57 Å². The van der Waals surface area contributed by atoms with Gasteiger partial charge in [0.25, 0.3) is 0 Å². The van der Waals surface area contributed by atoms with E-state index in [1.54, 1.807) is 35.3 Å². The number of cyclic esters (lactones) is 1. The third-order valence-electron chi connectivity index (χ3n) is 4.85. The maximum atomic E-state index is 11.6. The molecule has 3 heterocycles. The van der Waals surface area contributed by atoms with Crippen molar-refractivity contribution in [3.63, 3.8) is 0 Å². The predicted molar refractivity (Wildman–Crippen MR) is 101 cm³/mol. The SMILES string of the molecule is Cc1c([C@@H](O)CNCc2cnc(-n3cnc(C#N)c3)nc2)ccc2c1COC2=O. The number of aliphatic hydroxyl groups excluding tert-OH is 1. The molecule has 0 saturated carbocycles. The van der Waals surface area contributed by atoms with Gasteiger partial charge in [0.05, 0.1) is 11.7 Å². The Morgan fingerprint density at radius 3 is 2.86 bits per heavy atom. The van der Waals surface area contributed by atoms with Crippen LogP contribution in [0.5, 0.6) is 0 Å². The van der Waals surface area contributed by atoms with E-state index in [1.807, 2.05) is 13.0 Å². The molecule has 1 aliphatic heterocycles. The number of hydrogen-bond acceptors (Lipinski definition) is 8. The number of carbonyl (C=O) groups excluding carboxylic acids is 1. The normalized spacial score (nSPS) is 13.6. The zero-order valence-electron chi connectivity index (χ0n) is 15.7. The quantitative estimate of drug-likeness (QED) is 0.604. The van der Waals surface area contributed by atoms with Gasteiger partial charge in [-0.2, -0.15) is 5.26 Å². The zero-order chi connectivity index (χ0) is 20.4. The summed E-state index contributed by atoms with van der Waals surface area (Å²) in [5, 5.41) is 22.5. The first kappa shape index (κ1) is 18.7. The Labute approximate surface area is 166 Å². The summed E-state index contributed by atoms with van der Waals surface area (Å²) >= 11 is 0. The molecule has 0 spiro atoms. The number of hydrogen-bond donors (Lipinski definition) is 2. The number of aromatic nitrogens is 4. The largest absolute Gasteiger partial charge is 0.457 e. The Balaban J connectivity index is 1.35. The van der Waals surface area contributed by atoms with Crippen molar-refractivity contribution in [3.8, 4) is 12.0 Å². The van der Waals surface area contributed by atoms with Crippen LogP contribution in [0.1, 0.15) is 44.4 Å². The number of benzene rings is 1.